The number of nitrogens with two attached hydrogens (primary N) is 1. The highest BCUT2D eigenvalue weighted by molar-refractivity contribution is 6.02. The Hall–Kier alpha value is -2.63. The molecule has 0 aliphatic carbocycles. The third-order valence-corrected chi connectivity index (χ3v) is 4.54. The van der Waals surface area contributed by atoms with Crippen LogP contribution in [0.1, 0.15) is 47.9 Å². The Bertz CT molecular complexity index is 794. The number of unbranched alkanes of at least 4 members (excludes halogenated alkanes) is 1. The molecule has 1 aromatic heterocycles. The Balaban J connectivity index is 2.65. The van der Waals surface area contributed by atoms with Crippen LogP contribution >= 0.6 is 0 Å². The molecule has 0 bridgehead atoms. The van der Waals surface area contributed by atoms with Gasteiger partial charge >= 0.3 is 5.97 Å². The molecule has 0 aliphatic heterocycles. The number of carbonyl (C=O) groups excluding carboxylic acids is 2. The minimum atomic E-state index is -0.531. The number of hydrogen-bond acceptors (Lipinski definition) is 3. The van der Waals surface area contributed by atoms with Gasteiger partial charge in [-0.05, 0) is 37.5 Å². The lowest BCUT2D eigenvalue weighted by Crippen LogP contribution is -2.13. The smallest absolute Gasteiger partial charge is 0.305 e. The largest absolute Gasteiger partial charge is 0.469 e. The van der Waals surface area contributed by atoms with E-state index in [9.17, 15) is 14.0 Å². The molecule has 0 radical (unpaired) electrons. The standard InChI is InChI=1S/C20H25FN2O3/c1-4-5-12-23-13(2)18(20(22)25)19(14-6-8-15(21)9-7-14)16(23)10-11-17(24)26-3/h6-9H,4-5,10-12H2,1-3H3,(H2,22,25). The summed E-state index contributed by atoms with van der Waals surface area (Å²) in [5, 5.41) is 0. The van der Waals surface area contributed by atoms with Crippen molar-refractivity contribution in [1.29, 1.82) is 0 Å². The predicted octanol–water partition coefficient (Wildman–Crippen LogP) is 3.61. The molecule has 26 heavy (non-hydrogen) atoms. The van der Waals surface area contributed by atoms with Crippen molar-refractivity contribution in [3.63, 3.8) is 0 Å². The molecule has 0 aliphatic rings. The van der Waals surface area contributed by atoms with Crippen LogP contribution in [0.15, 0.2) is 24.3 Å². The molecule has 1 amide bonds. The summed E-state index contributed by atoms with van der Waals surface area (Å²) in [4.78, 5) is 23.8. The Morgan fingerprint density at radius 3 is 2.42 bits per heavy atom. The fourth-order valence-corrected chi connectivity index (χ4v) is 3.23. The zero-order valence-corrected chi connectivity index (χ0v) is 15.5. The number of nitrogens with zero attached hydrogens (tertiary/aromatic N) is 1. The zero-order valence-electron chi connectivity index (χ0n) is 15.5. The summed E-state index contributed by atoms with van der Waals surface area (Å²) in [6.07, 6.45) is 2.53. The highest BCUT2D eigenvalue weighted by Gasteiger charge is 2.25. The molecule has 2 N–H and O–H groups in total. The third kappa shape index (κ3) is 4.12. The number of methoxy groups -OCH3 is 1. The zero-order chi connectivity index (χ0) is 19.3. The summed E-state index contributed by atoms with van der Waals surface area (Å²) in [6, 6.07) is 5.95. The van der Waals surface area contributed by atoms with E-state index in [0.717, 1.165) is 30.8 Å². The molecule has 0 saturated carbocycles. The van der Waals surface area contributed by atoms with Gasteiger partial charge in [-0.3, -0.25) is 9.59 Å². The number of benzene rings is 1. The average Bonchev–Trinajstić information content (AvgIpc) is 2.90. The Morgan fingerprint density at radius 2 is 1.88 bits per heavy atom. The van der Waals surface area contributed by atoms with E-state index in [2.05, 4.69) is 6.92 Å². The molecule has 2 rings (SSSR count). The normalized spacial score (nSPS) is 10.8. The maximum atomic E-state index is 13.4. The van der Waals surface area contributed by atoms with Crippen LogP contribution in [0.25, 0.3) is 11.1 Å². The Labute approximate surface area is 152 Å². The summed E-state index contributed by atoms with van der Waals surface area (Å²) < 4.78 is 20.2. The van der Waals surface area contributed by atoms with Crippen LogP contribution in [0.5, 0.6) is 0 Å². The average molecular weight is 360 g/mol. The SMILES string of the molecule is CCCCn1c(C)c(C(N)=O)c(-c2ccc(F)cc2)c1CCC(=O)OC. The van der Waals surface area contributed by atoms with Crippen LogP contribution in [0.4, 0.5) is 4.39 Å². The second-order valence-corrected chi connectivity index (χ2v) is 6.23. The number of amides is 1. The first kappa shape index (κ1) is 19.7. The first-order chi connectivity index (χ1) is 12.4. The predicted molar refractivity (Wildman–Crippen MR) is 98.3 cm³/mol. The summed E-state index contributed by atoms with van der Waals surface area (Å²) in [5.74, 6) is -1.21. The van der Waals surface area contributed by atoms with Crippen molar-refractivity contribution in [2.75, 3.05) is 7.11 Å². The Kier molecular flexibility index (Phi) is 6.55. The molecule has 1 aromatic carbocycles. The van der Waals surface area contributed by atoms with Gasteiger partial charge in [-0.25, -0.2) is 4.39 Å². The van der Waals surface area contributed by atoms with Gasteiger partial charge in [0.05, 0.1) is 19.1 Å². The van der Waals surface area contributed by atoms with Crippen molar-refractivity contribution in [1.82, 2.24) is 4.57 Å². The number of halogens is 1. The van der Waals surface area contributed by atoms with E-state index in [-0.39, 0.29) is 18.2 Å². The molecular weight excluding hydrogens is 335 g/mol. The van der Waals surface area contributed by atoms with Crippen LogP contribution < -0.4 is 5.73 Å². The number of aromatic nitrogens is 1. The van der Waals surface area contributed by atoms with Gasteiger partial charge in [0.25, 0.3) is 5.91 Å². The van der Waals surface area contributed by atoms with Crippen LogP contribution in [-0.2, 0) is 22.5 Å². The van der Waals surface area contributed by atoms with E-state index in [1.165, 1.54) is 19.2 Å². The molecule has 0 fully saturated rings. The van der Waals surface area contributed by atoms with Crippen molar-refractivity contribution in [2.24, 2.45) is 5.73 Å². The monoisotopic (exact) mass is 360 g/mol. The first-order valence-corrected chi connectivity index (χ1v) is 8.75. The first-order valence-electron chi connectivity index (χ1n) is 8.75. The fraction of sp³-hybridized carbons (Fsp3) is 0.400. The lowest BCUT2D eigenvalue weighted by atomic mass is 9.98. The highest BCUT2D eigenvalue weighted by atomic mass is 19.1. The van der Waals surface area contributed by atoms with Gasteiger partial charge in [0, 0.05) is 23.5 Å². The molecule has 2 aromatic rings. The maximum absolute atomic E-state index is 13.4. The second-order valence-electron chi connectivity index (χ2n) is 6.23. The van der Waals surface area contributed by atoms with Gasteiger partial charge in [-0.2, -0.15) is 0 Å². The van der Waals surface area contributed by atoms with E-state index in [1.54, 1.807) is 12.1 Å². The molecular formula is C20H25FN2O3. The van der Waals surface area contributed by atoms with Crippen molar-refractivity contribution >= 4 is 11.9 Å². The van der Waals surface area contributed by atoms with Gasteiger partial charge in [0.15, 0.2) is 0 Å². The van der Waals surface area contributed by atoms with Gasteiger partial charge in [-0.15, -0.1) is 0 Å². The molecule has 0 spiro atoms. The van der Waals surface area contributed by atoms with Crippen molar-refractivity contribution in [3.8, 4) is 11.1 Å². The van der Waals surface area contributed by atoms with E-state index in [4.69, 9.17) is 10.5 Å². The van der Waals surface area contributed by atoms with Crippen molar-refractivity contribution in [3.05, 3.63) is 47.0 Å². The van der Waals surface area contributed by atoms with Crippen LogP contribution in [0.2, 0.25) is 0 Å². The highest BCUT2D eigenvalue weighted by Crippen LogP contribution is 2.34. The lowest BCUT2D eigenvalue weighted by molar-refractivity contribution is -0.140. The topological polar surface area (TPSA) is 74.3 Å². The number of esters is 1. The van der Waals surface area contributed by atoms with Gasteiger partial charge in [0.2, 0.25) is 0 Å². The van der Waals surface area contributed by atoms with Crippen LogP contribution in [0, 0.1) is 12.7 Å². The van der Waals surface area contributed by atoms with E-state index < -0.39 is 5.91 Å². The summed E-state index contributed by atoms with van der Waals surface area (Å²) in [5.41, 5.74) is 9.08. The number of hydrogen-bond donors (Lipinski definition) is 1. The molecule has 0 saturated heterocycles. The molecule has 6 heteroatoms. The van der Waals surface area contributed by atoms with E-state index >= 15 is 0 Å². The van der Waals surface area contributed by atoms with E-state index in [0.29, 0.717) is 23.1 Å². The molecule has 0 unspecified atom stereocenters. The molecule has 140 valence electrons. The second kappa shape index (κ2) is 8.65. The fourth-order valence-electron chi connectivity index (χ4n) is 3.23. The minimum Gasteiger partial charge on any atom is -0.469 e. The maximum Gasteiger partial charge on any atom is 0.305 e. The summed E-state index contributed by atoms with van der Waals surface area (Å²) in [6.45, 7) is 4.66. The quantitative estimate of drug-likeness (QED) is 0.731. The summed E-state index contributed by atoms with van der Waals surface area (Å²) >= 11 is 0. The number of rotatable bonds is 8. The molecule has 5 nitrogen and oxygen atoms in total. The number of ether oxygens (including phenoxy) is 1. The van der Waals surface area contributed by atoms with Gasteiger partial charge in [0.1, 0.15) is 5.82 Å². The minimum absolute atomic E-state index is 0.193. The Morgan fingerprint density at radius 1 is 1.23 bits per heavy atom. The van der Waals surface area contributed by atoms with Gasteiger partial charge in [-0.1, -0.05) is 25.5 Å². The van der Waals surface area contributed by atoms with Crippen LogP contribution in [-0.4, -0.2) is 23.6 Å². The molecule has 0 atom stereocenters. The number of primary amides is 1. The third-order valence-electron chi connectivity index (χ3n) is 4.54. The van der Waals surface area contributed by atoms with Crippen LogP contribution in [0.3, 0.4) is 0 Å². The van der Waals surface area contributed by atoms with Crippen molar-refractivity contribution in [2.45, 2.75) is 46.1 Å². The molecule has 1 heterocycles. The lowest BCUT2D eigenvalue weighted by Gasteiger charge is -2.12. The van der Waals surface area contributed by atoms with Gasteiger partial charge < -0.3 is 15.0 Å². The van der Waals surface area contributed by atoms with E-state index in [1.807, 2.05) is 11.5 Å². The summed E-state index contributed by atoms with van der Waals surface area (Å²) in [7, 11) is 1.35. The number of carbonyl (C=O) groups is 2. The van der Waals surface area contributed by atoms with Crippen molar-refractivity contribution < 1.29 is 18.7 Å².